The highest BCUT2D eigenvalue weighted by Gasteiger charge is 2.30. The number of rotatable bonds is 73. The molecule has 0 aliphatic heterocycles. The molecule has 0 saturated carbocycles. The second-order valence-electron chi connectivity index (χ2n) is 25.9. The molecule has 0 aromatic carbocycles. The zero-order valence-electron chi connectivity index (χ0n) is 62.8. The average molecular weight is 1450 g/mol. The van der Waals surface area contributed by atoms with Crippen LogP contribution in [0.15, 0.2) is 109 Å². The standard InChI is InChI=1S/C81H140O17P2/c1-5-9-13-17-21-25-29-33-35-37-39-43-46-50-54-58-62-66-79(84)92-72-76(97-80(85)67-63-59-55-51-47-42-32-28-24-20-16-12-8-4)73-95-99(87,88)93-69-75(82)70-94-100(89,90)96-74-77(71-91-78(83)65-61-57-53-49-45-41-31-27-23-19-15-11-7-3)98-81(86)68-64-60-56-52-48-44-40-38-36-34-30-26-22-18-14-10-6-2/h21-22,25-26,28,32-36,39-40,43-44,50,52,54,56,75-77,82H,5-20,23-24,27,29-31,37-38,41-42,45-49,51,53,55,57-74H2,1-4H3,(H,87,88)(H,89,90)/b25-21-,26-22-,32-28-,35-33-,36-34-,43-39-,44-40-,54-50-,56-52-/t75-,76-,77-/m1/s1. The molecule has 0 rings (SSSR count). The lowest BCUT2D eigenvalue weighted by molar-refractivity contribution is -0.161. The van der Waals surface area contributed by atoms with Gasteiger partial charge in [0.2, 0.25) is 0 Å². The summed E-state index contributed by atoms with van der Waals surface area (Å²) in [5.74, 6) is -2.30. The summed E-state index contributed by atoms with van der Waals surface area (Å²) < 4.78 is 68.4. The molecule has 0 aliphatic carbocycles. The van der Waals surface area contributed by atoms with E-state index in [4.69, 9.17) is 37.0 Å². The van der Waals surface area contributed by atoms with Crippen LogP contribution in [0.1, 0.15) is 323 Å². The zero-order chi connectivity index (χ0) is 73.2. The molecule has 0 aliphatic rings. The Labute approximate surface area is 607 Å². The Morgan fingerprint density at radius 3 is 0.840 bits per heavy atom. The lowest BCUT2D eigenvalue weighted by atomic mass is 10.0. The second-order valence-corrected chi connectivity index (χ2v) is 28.9. The molecule has 5 atom stereocenters. The summed E-state index contributed by atoms with van der Waals surface area (Å²) >= 11 is 0. The van der Waals surface area contributed by atoms with Gasteiger partial charge in [-0.15, -0.1) is 0 Å². The van der Waals surface area contributed by atoms with Gasteiger partial charge in [-0.3, -0.25) is 37.3 Å². The predicted octanol–water partition coefficient (Wildman–Crippen LogP) is 22.6. The van der Waals surface area contributed by atoms with Crippen LogP contribution in [-0.2, 0) is 65.4 Å². The van der Waals surface area contributed by atoms with Crippen LogP contribution in [-0.4, -0.2) is 96.7 Å². The van der Waals surface area contributed by atoms with Gasteiger partial charge >= 0.3 is 39.5 Å². The van der Waals surface area contributed by atoms with Gasteiger partial charge in [0.25, 0.3) is 0 Å². The molecule has 0 bridgehead atoms. The lowest BCUT2D eigenvalue weighted by Crippen LogP contribution is -2.30. The second kappa shape index (κ2) is 73.0. The number of esters is 4. The number of hydrogen-bond acceptors (Lipinski definition) is 15. The molecule has 0 heterocycles. The molecule has 0 fully saturated rings. The highest BCUT2D eigenvalue weighted by molar-refractivity contribution is 7.47. The van der Waals surface area contributed by atoms with E-state index in [1.165, 1.54) is 122 Å². The minimum atomic E-state index is -4.99. The molecule has 0 aromatic heterocycles. The fraction of sp³-hybridized carbons (Fsp3) is 0.728. The number of carbonyl (C=O) groups excluding carboxylic acids is 4. The maximum atomic E-state index is 13.1. The predicted molar refractivity (Wildman–Crippen MR) is 408 cm³/mol. The smallest absolute Gasteiger partial charge is 0.462 e. The maximum Gasteiger partial charge on any atom is 0.472 e. The van der Waals surface area contributed by atoms with Crippen molar-refractivity contribution >= 4 is 39.5 Å². The van der Waals surface area contributed by atoms with Gasteiger partial charge in [-0.25, -0.2) is 9.13 Å². The molecule has 0 radical (unpaired) electrons. The van der Waals surface area contributed by atoms with Crippen molar-refractivity contribution in [3.05, 3.63) is 109 Å². The van der Waals surface area contributed by atoms with Gasteiger partial charge in [0.05, 0.1) is 26.4 Å². The van der Waals surface area contributed by atoms with E-state index in [1.54, 1.807) is 0 Å². The van der Waals surface area contributed by atoms with E-state index in [-0.39, 0.29) is 25.7 Å². The van der Waals surface area contributed by atoms with Gasteiger partial charge in [-0.1, -0.05) is 278 Å². The first kappa shape index (κ1) is 95.7. The third-order valence-corrected chi connectivity index (χ3v) is 18.1. The summed E-state index contributed by atoms with van der Waals surface area (Å²) in [6.07, 6.45) is 78.0. The van der Waals surface area contributed by atoms with E-state index >= 15 is 0 Å². The normalized spacial score (nSPS) is 14.5. The van der Waals surface area contributed by atoms with Crippen molar-refractivity contribution in [1.29, 1.82) is 0 Å². The Morgan fingerprint density at radius 1 is 0.280 bits per heavy atom. The number of phosphoric acid groups is 2. The van der Waals surface area contributed by atoms with E-state index in [0.717, 1.165) is 109 Å². The largest absolute Gasteiger partial charge is 0.472 e. The number of carbonyl (C=O) groups is 4. The van der Waals surface area contributed by atoms with E-state index in [1.807, 2.05) is 24.3 Å². The van der Waals surface area contributed by atoms with Gasteiger partial charge in [0.1, 0.15) is 19.3 Å². The van der Waals surface area contributed by atoms with Crippen LogP contribution in [0.5, 0.6) is 0 Å². The molecule has 17 nitrogen and oxygen atoms in total. The van der Waals surface area contributed by atoms with Crippen LogP contribution in [0.4, 0.5) is 0 Å². The molecule has 19 heteroatoms. The summed E-state index contributed by atoms with van der Waals surface area (Å²) in [4.78, 5) is 72.8. The van der Waals surface area contributed by atoms with Crippen LogP contribution in [0.3, 0.4) is 0 Å². The van der Waals surface area contributed by atoms with Gasteiger partial charge in [-0.2, -0.15) is 0 Å². The number of unbranched alkanes of at least 4 members (excludes halogenated alkanes) is 29. The number of aliphatic hydroxyl groups is 1. The zero-order valence-corrected chi connectivity index (χ0v) is 64.6. The number of ether oxygens (including phenoxy) is 4. The molecule has 3 N–H and O–H groups in total. The van der Waals surface area contributed by atoms with Gasteiger partial charge < -0.3 is 33.8 Å². The van der Waals surface area contributed by atoms with E-state index in [9.17, 15) is 43.2 Å². The van der Waals surface area contributed by atoms with Crippen LogP contribution < -0.4 is 0 Å². The number of phosphoric ester groups is 2. The highest BCUT2D eigenvalue weighted by atomic mass is 31.2. The van der Waals surface area contributed by atoms with Crippen molar-refractivity contribution in [2.24, 2.45) is 0 Å². The van der Waals surface area contributed by atoms with Crippen LogP contribution >= 0.6 is 15.6 Å². The van der Waals surface area contributed by atoms with Crippen molar-refractivity contribution in [2.75, 3.05) is 39.6 Å². The molecule has 576 valence electrons. The summed E-state index contributed by atoms with van der Waals surface area (Å²) in [7, 11) is -9.98. The van der Waals surface area contributed by atoms with Crippen LogP contribution in [0.25, 0.3) is 0 Å². The lowest BCUT2D eigenvalue weighted by Gasteiger charge is -2.21. The molecular formula is C81H140O17P2. The van der Waals surface area contributed by atoms with Crippen LogP contribution in [0.2, 0.25) is 0 Å². The van der Waals surface area contributed by atoms with E-state index in [0.29, 0.717) is 38.5 Å². The van der Waals surface area contributed by atoms with Crippen molar-refractivity contribution in [3.63, 3.8) is 0 Å². The Balaban J connectivity index is 5.44. The Hall–Kier alpha value is -4.28. The molecule has 0 amide bonds. The average Bonchev–Trinajstić information content (AvgIpc) is 1.93. The number of allylic oxidation sites excluding steroid dienone is 18. The molecule has 0 saturated heterocycles. The molecule has 0 spiro atoms. The van der Waals surface area contributed by atoms with Gasteiger partial charge in [-0.05, 0) is 128 Å². The quantitative estimate of drug-likeness (QED) is 0.0169. The van der Waals surface area contributed by atoms with E-state index < -0.39 is 97.5 Å². The third kappa shape index (κ3) is 72.1. The summed E-state index contributed by atoms with van der Waals surface area (Å²) in [6.45, 7) is 4.69. The van der Waals surface area contributed by atoms with Crippen molar-refractivity contribution in [3.8, 4) is 0 Å². The fourth-order valence-electron chi connectivity index (χ4n) is 10.2. The molecule has 2 unspecified atom stereocenters. The minimum Gasteiger partial charge on any atom is -0.462 e. The topological polar surface area (TPSA) is 237 Å². The highest BCUT2D eigenvalue weighted by Crippen LogP contribution is 2.45. The first-order valence-corrected chi connectivity index (χ1v) is 42.1. The molecule has 100 heavy (non-hydrogen) atoms. The Kier molecular flexibility index (Phi) is 69.9. The van der Waals surface area contributed by atoms with E-state index in [2.05, 4.69) is 113 Å². The van der Waals surface area contributed by atoms with Crippen molar-refractivity contribution < 1.29 is 80.2 Å². The molecular weight excluding hydrogens is 1310 g/mol. The fourth-order valence-corrected chi connectivity index (χ4v) is 11.8. The first-order valence-electron chi connectivity index (χ1n) is 39.1. The number of hydrogen-bond donors (Lipinski definition) is 3. The Bertz CT molecular complexity index is 2320. The molecule has 0 aromatic rings. The summed E-state index contributed by atoms with van der Waals surface area (Å²) in [5, 5.41) is 10.6. The van der Waals surface area contributed by atoms with Crippen molar-refractivity contribution in [2.45, 2.75) is 341 Å². The summed E-state index contributed by atoms with van der Waals surface area (Å²) in [6, 6.07) is 0. The SMILES string of the molecule is CCCCC/C=C\C/C=C\C/C=C\C/C=C\CCCC(=O)OC[C@H](COP(=O)(O)OC[C@@H](O)COP(=O)(O)OC[C@@H](COC(=O)CCCCCCCCCCCCCCC)OC(=O)CCC/C=C\C/C=C\C/C=C\C/C=C\CCCCC)OC(=O)CCCCCCC/C=C\CCCCCC. The van der Waals surface area contributed by atoms with Gasteiger partial charge in [0, 0.05) is 25.7 Å². The van der Waals surface area contributed by atoms with Gasteiger partial charge in [0.15, 0.2) is 12.2 Å². The van der Waals surface area contributed by atoms with Crippen LogP contribution in [0, 0.1) is 0 Å². The monoisotopic (exact) mass is 1450 g/mol. The number of aliphatic hydroxyl groups excluding tert-OH is 1. The first-order chi connectivity index (χ1) is 48.7. The van der Waals surface area contributed by atoms with Crippen molar-refractivity contribution in [1.82, 2.24) is 0 Å². The summed E-state index contributed by atoms with van der Waals surface area (Å²) in [5.41, 5.74) is 0. The maximum absolute atomic E-state index is 13.1. The Morgan fingerprint density at radius 2 is 0.500 bits per heavy atom. The minimum absolute atomic E-state index is 0.0188. The third-order valence-electron chi connectivity index (χ3n) is 16.2.